The minimum atomic E-state index is -0.789. The van der Waals surface area contributed by atoms with Gasteiger partial charge in [0.2, 0.25) is 0 Å². The maximum absolute atomic E-state index is 9.69. The lowest BCUT2D eigenvalue weighted by molar-refractivity contribution is 0.0284. The fourth-order valence-electron chi connectivity index (χ4n) is 2.60. The molecule has 0 amide bonds. The molecule has 19 heavy (non-hydrogen) atoms. The highest BCUT2D eigenvalue weighted by Gasteiger charge is 2.20. The first-order chi connectivity index (χ1) is 8.99. The van der Waals surface area contributed by atoms with Crippen LogP contribution in [0.25, 0.3) is 0 Å². The van der Waals surface area contributed by atoms with Crippen molar-refractivity contribution in [2.45, 2.75) is 51.7 Å². The summed E-state index contributed by atoms with van der Waals surface area (Å²) >= 11 is 0. The zero-order chi connectivity index (χ0) is 13.9. The number of aryl methyl sites for hydroxylation is 1. The van der Waals surface area contributed by atoms with Crippen molar-refractivity contribution in [3.63, 3.8) is 0 Å². The third-order valence-electron chi connectivity index (χ3n) is 3.47. The van der Waals surface area contributed by atoms with Gasteiger partial charge >= 0.3 is 0 Å². The van der Waals surface area contributed by atoms with Gasteiger partial charge in [0.1, 0.15) is 12.4 Å². The summed E-state index contributed by atoms with van der Waals surface area (Å²) in [7, 11) is 0. The van der Waals surface area contributed by atoms with Crippen LogP contribution in [0, 0.1) is 0 Å². The number of hydrogen-bond donors (Lipinski definition) is 2. The Hall–Kier alpha value is -1.06. The fourth-order valence-corrected chi connectivity index (χ4v) is 2.60. The second-order valence-electron chi connectivity index (χ2n) is 5.96. The van der Waals surface area contributed by atoms with Gasteiger partial charge in [-0.25, -0.2) is 0 Å². The summed E-state index contributed by atoms with van der Waals surface area (Å²) in [5.41, 5.74) is 2.00. The fraction of sp³-hybridized carbons (Fsp3) is 0.625. The van der Waals surface area contributed by atoms with Crippen LogP contribution in [-0.2, 0) is 6.42 Å². The summed E-state index contributed by atoms with van der Waals surface area (Å²) < 4.78 is 5.66. The molecule has 106 valence electrons. The normalized spacial score (nSPS) is 19.1. The smallest absolute Gasteiger partial charge is 0.119 e. The highest BCUT2D eigenvalue weighted by Crippen LogP contribution is 2.32. The van der Waals surface area contributed by atoms with E-state index in [-0.39, 0.29) is 0 Å². The molecule has 2 rings (SSSR count). The van der Waals surface area contributed by atoms with E-state index in [0.717, 1.165) is 18.7 Å². The van der Waals surface area contributed by atoms with Crippen LogP contribution in [0.3, 0.4) is 0 Å². The van der Waals surface area contributed by atoms with Crippen LogP contribution in [0.15, 0.2) is 18.2 Å². The average molecular weight is 263 g/mol. The first-order valence-corrected chi connectivity index (χ1v) is 7.21. The van der Waals surface area contributed by atoms with Crippen LogP contribution < -0.4 is 10.1 Å². The molecule has 1 aromatic carbocycles. The minimum Gasteiger partial charge on any atom is -0.491 e. The highest BCUT2D eigenvalue weighted by molar-refractivity contribution is 5.39. The van der Waals surface area contributed by atoms with E-state index in [2.05, 4.69) is 24.4 Å². The van der Waals surface area contributed by atoms with Crippen molar-refractivity contribution >= 4 is 0 Å². The molecule has 0 aromatic heterocycles. The Kier molecular flexibility index (Phi) is 4.48. The predicted octanol–water partition coefficient (Wildman–Crippen LogP) is 2.82. The highest BCUT2D eigenvalue weighted by atomic mass is 16.5. The molecule has 0 fully saturated rings. The average Bonchev–Trinajstić information content (AvgIpc) is 2.36. The van der Waals surface area contributed by atoms with Crippen molar-refractivity contribution in [2.24, 2.45) is 0 Å². The second kappa shape index (κ2) is 5.93. The summed E-state index contributed by atoms with van der Waals surface area (Å²) in [4.78, 5) is 0. The van der Waals surface area contributed by atoms with E-state index in [0.29, 0.717) is 12.6 Å². The Balaban J connectivity index is 2.10. The van der Waals surface area contributed by atoms with Gasteiger partial charge in [0.25, 0.3) is 0 Å². The van der Waals surface area contributed by atoms with E-state index >= 15 is 0 Å². The first kappa shape index (κ1) is 14.4. The maximum atomic E-state index is 9.69. The molecule has 3 heteroatoms. The van der Waals surface area contributed by atoms with Gasteiger partial charge in [-0.2, -0.15) is 0 Å². The molecule has 0 aliphatic heterocycles. The van der Waals surface area contributed by atoms with E-state index in [1.54, 1.807) is 13.8 Å². The predicted molar refractivity (Wildman–Crippen MR) is 77.6 cm³/mol. The zero-order valence-electron chi connectivity index (χ0n) is 12.2. The lowest BCUT2D eigenvalue weighted by Crippen LogP contribution is -2.28. The topological polar surface area (TPSA) is 41.5 Å². The summed E-state index contributed by atoms with van der Waals surface area (Å²) in [6.07, 6.45) is 3.56. The minimum absolute atomic E-state index is 0.322. The van der Waals surface area contributed by atoms with Gasteiger partial charge < -0.3 is 15.2 Å². The number of ether oxygens (including phenoxy) is 1. The molecule has 1 unspecified atom stereocenters. The second-order valence-corrected chi connectivity index (χ2v) is 5.96. The number of benzene rings is 1. The van der Waals surface area contributed by atoms with Crippen LogP contribution >= 0.6 is 0 Å². The SMILES string of the molecule is CCNC1CCCc2cc(OCC(C)(C)O)ccc21. The summed E-state index contributed by atoms with van der Waals surface area (Å²) in [5, 5.41) is 13.2. The summed E-state index contributed by atoms with van der Waals surface area (Å²) in [6, 6.07) is 6.80. The number of fused-ring (bicyclic) bond motifs is 1. The van der Waals surface area contributed by atoms with Crippen LogP contribution in [0.1, 0.15) is 50.8 Å². The van der Waals surface area contributed by atoms with E-state index in [4.69, 9.17) is 4.74 Å². The molecule has 0 saturated heterocycles. The Morgan fingerprint density at radius 3 is 2.89 bits per heavy atom. The zero-order valence-corrected chi connectivity index (χ0v) is 12.2. The number of hydrogen-bond acceptors (Lipinski definition) is 3. The van der Waals surface area contributed by atoms with Crippen LogP contribution in [-0.4, -0.2) is 23.9 Å². The van der Waals surface area contributed by atoms with Gasteiger partial charge in [-0.15, -0.1) is 0 Å². The maximum Gasteiger partial charge on any atom is 0.119 e. The molecule has 1 aliphatic carbocycles. The molecule has 0 bridgehead atoms. The van der Waals surface area contributed by atoms with E-state index in [1.165, 1.54) is 24.0 Å². The van der Waals surface area contributed by atoms with Crippen LogP contribution in [0.5, 0.6) is 5.75 Å². The Morgan fingerprint density at radius 1 is 1.42 bits per heavy atom. The first-order valence-electron chi connectivity index (χ1n) is 7.21. The van der Waals surface area contributed by atoms with Crippen LogP contribution in [0.2, 0.25) is 0 Å². The molecular formula is C16H25NO2. The Bertz CT molecular complexity index is 423. The van der Waals surface area contributed by atoms with Gasteiger partial charge in [-0.1, -0.05) is 13.0 Å². The Morgan fingerprint density at radius 2 is 2.21 bits per heavy atom. The van der Waals surface area contributed by atoms with Crippen molar-refractivity contribution in [2.75, 3.05) is 13.2 Å². The lowest BCUT2D eigenvalue weighted by Gasteiger charge is -2.27. The molecule has 1 atom stereocenters. The molecule has 1 aromatic rings. The molecule has 0 spiro atoms. The number of aliphatic hydroxyl groups is 1. The van der Waals surface area contributed by atoms with E-state index in [9.17, 15) is 5.11 Å². The van der Waals surface area contributed by atoms with E-state index in [1.807, 2.05) is 6.07 Å². The van der Waals surface area contributed by atoms with Gasteiger partial charge in [0, 0.05) is 6.04 Å². The molecule has 1 aliphatic rings. The molecule has 0 saturated carbocycles. The molecule has 0 heterocycles. The quantitative estimate of drug-likeness (QED) is 0.858. The monoisotopic (exact) mass is 263 g/mol. The standard InChI is InChI=1S/C16H25NO2/c1-4-17-15-7-5-6-12-10-13(8-9-14(12)15)19-11-16(2,3)18/h8-10,15,17-18H,4-7,11H2,1-3H3. The van der Waals surface area contributed by atoms with Crippen molar-refractivity contribution in [3.8, 4) is 5.75 Å². The van der Waals surface area contributed by atoms with Gasteiger partial charge in [-0.05, 0) is 62.9 Å². The molecular weight excluding hydrogens is 238 g/mol. The number of nitrogens with one attached hydrogen (secondary N) is 1. The summed E-state index contributed by atoms with van der Waals surface area (Å²) in [6.45, 7) is 6.98. The third-order valence-corrected chi connectivity index (χ3v) is 3.47. The van der Waals surface area contributed by atoms with Crippen molar-refractivity contribution in [1.82, 2.24) is 5.32 Å². The van der Waals surface area contributed by atoms with Gasteiger partial charge in [-0.3, -0.25) is 0 Å². The third kappa shape index (κ3) is 3.95. The number of rotatable bonds is 5. The Labute approximate surface area is 116 Å². The van der Waals surface area contributed by atoms with Crippen LogP contribution in [0.4, 0.5) is 0 Å². The molecule has 0 radical (unpaired) electrons. The van der Waals surface area contributed by atoms with E-state index < -0.39 is 5.60 Å². The molecule has 2 N–H and O–H groups in total. The van der Waals surface area contributed by atoms with Crippen molar-refractivity contribution < 1.29 is 9.84 Å². The largest absolute Gasteiger partial charge is 0.491 e. The van der Waals surface area contributed by atoms with Gasteiger partial charge in [0.15, 0.2) is 0 Å². The van der Waals surface area contributed by atoms with Crippen molar-refractivity contribution in [3.05, 3.63) is 29.3 Å². The lowest BCUT2D eigenvalue weighted by atomic mass is 9.87. The molecule has 3 nitrogen and oxygen atoms in total. The van der Waals surface area contributed by atoms with Crippen molar-refractivity contribution in [1.29, 1.82) is 0 Å². The van der Waals surface area contributed by atoms with Gasteiger partial charge in [0.05, 0.1) is 5.60 Å². The summed E-state index contributed by atoms with van der Waals surface area (Å²) in [5.74, 6) is 0.859.